The maximum Gasteiger partial charge on any atom is 0.231 e. The largest absolute Gasteiger partial charge is 0.456 e. The molecule has 4 heteroatoms. The van der Waals surface area contributed by atoms with E-state index in [9.17, 15) is 0 Å². The number of para-hydroxylation sites is 1. The summed E-state index contributed by atoms with van der Waals surface area (Å²) in [5, 5.41) is 1.81. The van der Waals surface area contributed by atoms with E-state index in [1.165, 1.54) is 0 Å². The monoisotopic (exact) mass is 341 g/mol. The number of benzene rings is 3. The summed E-state index contributed by atoms with van der Waals surface area (Å²) >= 11 is 0. The van der Waals surface area contributed by atoms with Crippen LogP contribution in [0.25, 0.3) is 22.3 Å². The number of nitrogens with zero attached hydrogens (tertiary/aromatic N) is 1. The summed E-state index contributed by atoms with van der Waals surface area (Å²) in [6.07, 6.45) is 0. The van der Waals surface area contributed by atoms with Crippen molar-refractivity contribution in [2.45, 2.75) is 0 Å². The van der Waals surface area contributed by atoms with Crippen LogP contribution in [-0.2, 0) is 0 Å². The smallest absolute Gasteiger partial charge is 0.231 e. The molecule has 0 spiro atoms. The van der Waals surface area contributed by atoms with Crippen molar-refractivity contribution in [2.75, 3.05) is 6.79 Å². The van der Waals surface area contributed by atoms with Crippen molar-refractivity contribution >= 4 is 16.7 Å². The molecule has 0 atom stereocenters. The standard InChI is InChI=1S/C22H15NO3/c1-2-6-15(7-3-1)21-13-18(17-8-4-5-9-19(17)26-21)23-16-10-11-20-22(12-16)25-14-24-20/h1-13H,14H2. The molecule has 1 aliphatic heterocycles. The molecule has 5 rings (SSSR count). The Bertz CT molecular complexity index is 1160. The summed E-state index contributed by atoms with van der Waals surface area (Å²) in [6, 6.07) is 25.6. The zero-order chi connectivity index (χ0) is 17.3. The molecule has 0 saturated carbocycles. The highest BCUT2D eigenvalue weighted by atomic mass is 16.7. The summed E-state index contributed by atoms with van der Waals surface area (Å²) in [5.41, 5.74) is 2.62. The zero-order valence-electron chi connectivity index (χ0n) is 13.9. The van der Waals surface area contributed by atoms with Gasteiger partial charge in [-0.3, -0.25) is 0 Å². The van der Waals surface area contributed by atoms with Crippen LogP contribution < -0.4 is 14.8 Å². The molecule has 1 aliphatic rings. The normalized spacial score (nSPS) is 13.3. The highest BCUT2D eigenvalue weighted by Crippen LogP contribution is 2.35. The van der Waals surface area contributed by atoms with Gasteiger partial charge < -0.3 is 13.9 Å². The summed E-state index contributed by atoms with van der Waals surface area (Å²) < 4.78 is 16.9. The molecule has 126 valence electrons. The number of ether oxygens (including phenoxy) is 2. The van der Waals surface area contributed by atoms with E-state index in [4.69, 9.17) is 18.9 Å². The first kappa shape index (κ1) is 14.8. The van der Waals surface area contributed by atoms with Gasteiger partial charge in [0.15, 0.2) is 11.5 Å². The predicted octanol–water partition coefficient (Wildman–Crippen LogP) is 5.06. The SMILES string of the molecule is c1ccc(-c2cc(=Nc3ccc4c(c3)OCO4)c3ccccc3o2)cc1. The molecule has 4 aromatic rings. The van der Waals surface area contributed by atoms with Gasteiger partial charge in [0.05, 0.1) is 11.0 Å². The lowest BCUT2D eigenvalue weighted by atomic mass is 10.1. The van der Waals surface area contributed by atoms with Gasteiger partial charge in [0.2, 0.25) is 6.79 Å². The zero-order valence-corrected chi connectivity index (χ0v) is 13.9. The minimum Gasteiger partial charge on any atom is -0.456 e. The quantitative estimate of drug-likeness (QED) is 0.512. The van der Waals surface area contributed by atoms with Gasteiger partial charge in [-0.2, -0.15) is 0 Å². The van der Waals surface area contributed by atoms with Crippen molar-refractivity contribution in [3.63, 3.8) is 0 Å². The van der Waals surface area contributed by atoms with Gasteiger partial charge >= 0.3 is 0 Å². The molecular formula is C22H15NO3. The molecule has 0 N–H and O–H groups in total. The topological polar surface area (TPSA) is 44.0 Å². The van der Waals surface area contributed by atoms with Crippen LogP contribution in [0.5, 0.6) is 11.5 Å². The van der Waals surface area contributed by atoms with Crippen LogP contribution in [0.3, 0.4) is 0 Å². The van der Waals surface area contributed by atoms with Gasteiger partial charge in [-0.05, 0) is 24.3 Å². The van der Waals surface area contributed by atoms with Crippen LogP contribution >= 0.6 is 0 Å². The summed E-state index contributed by atoms with van der Waals surface area (Å²) in [4.78, 5) is 4.84. The second-order valence-electron chi connectivity index (χ2n) is 6.01. The lowest BCUT2D eigenvalue weighted by Crippen LogP contribution is -2.02. The van der Waals surface area contributed by atoms with Gasteiger partial charge in [-0.1, -0.05) is 42.5 Å². The van der Waals surface area contributed by atoms with Gasteiger partial charge in [-0.25, -0.2) is 4.99 Å². The van der Waals surface area contributed by atoms with Crippen molar-refractivity contribution in [3.05, 3.63) is 84.2 Å². The Kier molecular flexibility index (Phi) is 3.46. The van der Waals surface area contributed by atoms with Crippen molar-refractivity contribution < 1.29 is 13.9 Å². The van der Waals surface area contributed by atoms with Crippen LogP contribution in [0.2, 0.25) is 0 Å². The molecule has 0 aliphatic carbocycles. The number of hydrogen-bond donors (Lipinski definition) is 0. The number of fused-ring (bicyclic) bond motifs is 2. The van der Waals surface area contributed by atoms with E-state index in [0.717, 1.165) is 44.8 Å². The molecule has 0 bridgehead atoms. The van der Waals surface area contributed by atoms with E-state index in [-0.39, 0.29) is 6.79 Å². The van der Waals surface area contributed by atoms with Gasteiger partial charge in [0.25, 0.3) is 0 Å². The average Bonchev–Trinajstić information content (AvgIpc) is 3.16. The van der Waals surface area contributed by atoms with Crippen molar-refractivity contribution in [1.29, 1.82) is 0 Å². The third-order valence-electron chi connectivity index (χ3n) is 4.31. The van der Waals surface area contributed by atoms with E-state index in [2.05, 4.69) is 0 Å². The number of hydrogen-bond acceptors (Lipinski definition) is 4. The lowest BCUT2D eigenvalue weighted by Gasteiger charge is -2.05. The first-order valence-corrected chi connectivity index (χ1v) is 8.39. The van der Waals surface area contributed by atoms with Crippen LogP contribution in [0.1, 0.15) is 0 Å². The van der Waals surface area contributed by atoms with Gasteiger partial charge in [-0.15, -0.1) is 0 Å². The van der Waals surface area contributed by atoms with E-state index in [1.54, 1.807) is 0 Å². The van der Waals surface area contributed by atoms with Crippen LogP contribution in [0, 0.1) is 0 Å². The fourth-order valence-corrected chi connectivity index (χ4v) is 3.05. The molecular weight excluding hydrogens is 326 g/mol. The Morgan fingerprint density at radius 1 is 0.731 bits per heavy atom. The Labute approximate surface area is 150 Å². The molecule has 0 saturated heterocycles. The fraction of sp³-hybridized carbons (Fsp3) is 0.0455. The summed E-state index contributed by atoms with van der Waals surface area (Å²) in [6.45, 7) is 0.254. The Hall–Kier alpha value is -3.53. The van der Waals surface area contributed by atoms with Crippen LogP contribution in [0.15, 0.2) is 88.3 Å². The van der Waals surface area contributed by atoms with Crippen LogP contribution in [0.4, 0.5) is 5.69 Å². The highest BCUT2D eigenvalue weighted by Gasteiger charge is 2.13. The second kappa shape index (κ2) is 6.08. The van der Waals surface area contributed by atoms with Crippen LogP contribution in [-0.4, -0.2) is 6.79 Å². The maximum absolute atomic E-state index is 6.10. The Morgan fingerprint density at radius 3 is 2.46 bits per heavy atom. The second-order valence-corrected chi connectivity index (χ2v) is 6.01. The van der Waals surface area contributed by atoms with E-state index < -0.39 is 0 Å². The maximum atomic E-state index is 6.10. The minimum atomic E-state index is 0.254. The van der Waals surface area contributed by atoms with Gasteiger partial charge in [0.1, 0.15) is 11.3 Å². The molecule has 1 aromatic heterocycles. The predicted molar refractivity (Wildman–Crippen MR) is 99.4 cm³/mol. The van der Waals surface area contributed by atoms with Crippen molar-refractivity contribution in [1.82, 2.24) is 0 Å². The highest BCUT2D eigenvalue weighted by molar-refractivity contribution is 5.78. The first-order valence-electron chi connectivity index (χ1n) is 8.39. The average molecular weight is 341 g/mol. The Morgan fingerprint density at radius 2 is 1.54 bits per heavy atom. The summed E-state index contributed by atoms with van der Waals surface area (Å²) in [7, 11) is 0. The third-order valence-corrected chi connectivity index (χ3v) is 4.31. The molecule has 2 heterocycles. The molecule has 0 fully saturated rings. The molecule has 0 unspecified atom stereocenters. The van der Waals surface area contributed by atoms with Crippen molar-refractivity contribution in [2.24, 2.45) is 4.99 Å². The van der Waals surface area contributed by atoms with Crippen molar-refractivity contribution in [3.8, 4) is 22.8 Å². The first-order chi connectivity index (χ1) is 12.9. The van der Waals surface area contributed by atoms with E-state index in [0.29, 0.717) is 0 Å². The van der Waals surface area contributed by atoms with Gasteiger partial charge in [0, 0.05) is 23.1 Å². The fourth-order valence-electron chi connectivity index (χ4n) is 3.05. The number of rotatable bonds is 2. The molecule has 0 radical (unpaired) electrons. The third kappa shape index (κ3) is 2.62. The molecule has 0 amide bonds. The van der Waals surface area contributed by atoms with E-state index in [1.807, 2.05) is 78.9 Å². The van der Waals surface area contributed by atoms with E-state index >= 15 is 0 Å². The Balaban J connectivity index is 1.73. The summed E-state index contributed by atoms with van der Waals surface area (Å²) in [5.74, 6) is 2.25. The molecule has 26 heavy (non-hydrogen) atoms. The minimum absolute atomic E-state index is 0.254. The molecule has 4 nitrogen and oxygen atoms in total. The molecule has 3 aromatic carbocycles. The lowest BCUT2D eigenvalue weighted by molar-refractivity contribution is 0.174.